The molecule has 0 aliphatic heterocycles. The smallest absolute Gasteiger partial charge is 0.338 e. The summed E-state index contributed by atoms with van der Waals surface area (Å²) in [6.07, 6.45) is 3.39. The monoisotopic (exact) mass is 402 g/mol. The minimum absolute atomic E-state index is 0.318. The van der Waals surface area contributed by atoms with Gasteiger partial charge in [-0.05, 0) is 42.5 Å². The van der Waals surface area contributed by atoms with Gasteiger partial charge in [0, 0.05) is 29.7 Å². The van der Waals surface area contributed by atoms with Crippen LogP contribution in [0.15, 0.2) is 67.0 Å². The lowest BCUT2D eigenvalue weighted by Gasteiger charge is -2.08. The Morgan fingerprint density at radius 2 is 2.00 bits per heavy atom. The number of anilines is 1. The van der Waals surface area contributed by atoms with Crippen LogP contribution in [0.4, 0.5) is 5.69 Å². The number of hydrogen-bond acceptors (Lipinski definition) is 6. The number of amides is 1. The number of hydrogen-bond donors (Lipinski definition) is 2. The number of aromatic amines is 1. The van der Waals surface area contributed by atoms with Crippen LogP contribution in [-0.2, 0) is 9.53 Å². The predicted molar refractivity (Wildman–Crippen MR) is 111 cm³/mol. The van der Waals surface area contributed by atoms with E-state index in [0.29, 0.717) is 33.9 Å². The Morgan fingerprint density at radius 3 is 2.80 bits per heavy atom. The summed E-state index contributed by atoms with van der Waals surface area (Å²) in [6, 6.07) is 15.6. The number of aromatic nitrogens is 3. The van der Waals surface area contributed by atoms with Gasteiger partial charge in [0.25, 0.3) is 5.91 Å². The van der Waals surface area contributed by atoms with Crippen LogP contribution in [0.1, 0.15) is 10.4 Å². The number of fused-ring (bicyclic) bond motifs is 1. The zero-order valence-corrected chi connectivity index (χ0v) is 16.1. The largest absolute Gasteiger partial charge is 0.497 e. The predicted octanol–water partition coefficient (Wildman–Crippen LogP) is 3.43. The normalized spacial score (nSPS) is 10.6. The summed E-state index contributed by atoms with van der Waals surface area (Å²) in [4.78, 5) is 36.2. The molecule has 0 radical (unpaired) electrons. The lowest BCUT2D eigenvalue weighted by Crippen LogP contribution is -2.20. The van der Waals surface area contributed by atoms with Gasteiger partial charge < -0.3 is 19.8 Å². The summed E-state index contributed by atoms with van der Waals surface area (Å²) >= 11 is 0. The molecular weight excluding hydrogens is 384 g/mol. The number of esters is 1. The van der Waals surface area contributed by atoms with Crippen molar-refractivity contribution < 1.29 is 19.1 Å². The second-order valence-electron chi connectivity index (χ2n) is 6.42. The fourth-order valence-corrected chi connectivity index (χ4v) is 2.89. The zero-order valence-electron chi connectivity index (χ0n) is 16.1. The van der Waals surface area contributed by atoms with Crippen molar-refractivity contribution in [1.29, 1.82) is 0 Å². The Balaban J connectivity index is 1.41. The molecule has 0 fully saturated rings. The molecule has 2 aromatic heterocycles. The maximum atomic E-state index is 12.4. The first kappa shape index (κ1) is 19.1. The van der Waals surface area contributed by atoms with Gasteiger partial charge in [0.15, 0.2) is 6.61 Å². The van der Waals surface area contributed by atoms with Crippen LogP contribution in [0.2, 0.25) is 0 Å². The number of rotatable bonds is 6. The molecule has 0 saturated heterocycles. The van der Waals surface area contributed by atoms with Gasteiger partial charge in [-0.25, -0.2) is 9.78 Å². The van der Waals surface area contributed by atoms with Crippen molar-refractivity contribution >= 4 is 28.6 Å². The Morgan fingerprint density at radius 1 is 1.10 bits per heavy atom. The molecule has 30 heavy (non-hydrogen) atoms. The van der Waals surface area contributed by atoms with E-state index in [1.54, 1.807) is 62.0 Å². The molecule has 0 atom stereocenters. The van der Waals surface area contributed by atoms with Crippen molar-refractivity contribution in [3.05, 3.63) is 72.6 Å². The Bertz CT molecular complexity index is 1200. The number of carbonyl (C=O) groups excluding carboxylic acids is 2. The fraction of sp³-hybridized carbons (Fsp3) is 0.0909. The molecule has 2 N–H and O–H groups in total. The molecule has 0 bridgehead atoms. The van der Waals surface area contributed by atoms with Crippen molar-refractivity contribution in [3.63, 3.8) is 0 Å². The first-order valence-electron chi connectivity index (χ1n) is 9.13. The second kappa shape index (κ2) is 8.44. The molecular formula is C22H18N4O4. The zero-order chi connectivity index (χ0) is 20.9. The van der Waals surface area contributed by atoms with E-state index in [1.165, 1.54) is 0 Å². The Kier molecular flexibility index (Phi) is 5.38. The molecule has 8 heteroatoms. The van der Waals surface area contributed by atoms with Gasteiger partial charge in [-0.1, -0.05) is 6.07 Å². The molecule has 150 valence electrons. The third kappa shape index (κ3) is 4.27. The molecule has 2 heterocycles. The van der Waals surface area contributed by atoms with Crippen molar-refractivity contribution in [1.82, 2.24) is 15.0 Å². The van der Waals surface area contributed by atoms with Crippen LogP contribution < -0.4 is 10.1 Å². The van der Waals surface area contributed by atoms with Crippen molar-refractivity contribution in [2.24, 2.45) is 0 Å². The first-order chi connectivity index (χ1) is 14.6. The van der Waals surface area contributed by atoms with E-state index in [9.17, 15) is 9.59 Å². The van der Waals surface area contributed by atoms with Crippen LogP contribution in [0.3, 0.4) is 0 Å². The maximum Gasteiger partial charge on any atom is 0.338 e. The lowest BCUT2D eigenvalue weighted by molar-refractivity contribution is -0.119. The first-order valence-corrected chi connectivity index (χ1v) is 9.13. The summed E-state index contributed by atoms with van der Waals surface area (Å²) in [6.45, 7) is -0.405. The lowest BCUT2D eigenvalue weighted by atomic mass is 10.2. The van der Waals surface area contributed by atoms with Gasteiger partial charge in [-0.15, -0.1) is 0 Å². The highest BCUT2D eigenvalue weighted by Gasteiger charge is 2.13. The van der Waals surface area contributed by atoms with Crippen molar-refractivity contribution in [2.75, 3.05) is 19.0 Å². The third-order valence-corrected chi connectivity index (χ3v) is 4.34. The summed E-state index contributed by atoms with van der Waals surface area (Å²) < 4.78 is 10.2. The van der Waals surface area contributed by atoms with Crippen LogP contribution in [-0.4, -0.2) is 40.5 Å². The summed E-state index contributed by atoms with van der Waals surface area (Å²) in [7, 11) is 1.54. The number of methoxy groups -OCH3 is 1. The average Bonchev–Trinajstić information content (AvgIpc) is 3.21. The van der Waals surface area contributed by atoms with Gasteiger partial charge in [0.1, 0.15) is 11.6 Å². The number of H-pyrrole nitrogens is 1. The van der Waals surface area contributed by atoms with Gasteiger partial charge in [0.2, 0.25) is 0 Å². The number of carbonyl (C=O) groups is 2. The minimum atomic E-state index is -0.602. The highest BCUT2D eigenvalue weighted by Crippen LogP contribution is 2.21. The number of nitrogens with zero attached hydrogens (tertiary/aromatic N) is 2. The third-order valence-electron chi connectivity index (χ3n) is 4.34. The van der Waals surface area contributed by atoms with E-state index in [4.69, 9.17) is 9.47 Å². The quantitative estimate of drug-likeness (QED) is 0.479. The molecule has 4 rings (SSSR count). The van der Waals surface area contributed by atoms with Crippen LogP contribution in [0, 0.1) is 0 Å². The molecule has 0 aliphatic rings. The number of nitrogens with one attached hydrogen (secondary N) is 2. The molecule has 1 amide bonds. The number of pyridine rings is 1. The van der Waals surface area contributed by atoms with Gasteiger partial charge in [0.05, 0.1) is 23.7 Å². The molecule has 8 nitrogen and oxygen atoms in total. The minimum Gasteiger partial charge on any atom is -0.497 e. The Hall–Kier alpha value is -4.20. The molecule has 0 unspecified atom stereocenters. The number of benzene rings is 2. The Labute approximate surface area is 171 Å². The van der Waals surface area contributed by atoms with Gasteiger partial charge in [-0.3, -0.25) is 9.78 Å². The van der Waals surface area contributed by atoms with E-state index in [1.807, 2.05) is 12.1 Å². The van der Waals surface area contributed by atoms with Crippen LogP contribution >= 0.6 is 0 Å². The molecule has 0 aliphatic carbocycles. The van der Waals surface area contributed by atoms with E-state index in [-0.39, 0.29) is 0 Å². The standard InChI is InChI=1S/C22H18N4O4/c1-29-17-6-2-5-16(11-17)24-20(27)13-30-22(28)14-7-8-18-19(10-14)26-21(25-18)15-4-3-9-23-12-15/h2-12H,13H2,1H3,(H,24,27)(H,25,26). The highest BCUT2D eigenvalue weighted by molar-refractivity contribution is 5.97. The van der Waals surface area contributed by atoms with Gasteiger partial charge in [-0.2, -0.15) is 0 Å². The average molecular weight is 402 g/mol. The molecule has 0 spiro atoms. The van der Waals surface area contributed by atoms with Crippen molar-refractivity contribution in [3.8, 4) is 17.1 Å². The molecule has 2 aromatic carbocycles. The van der Waals surface area contributed by atoms with E-state index < -0.39 is 18.5 Å². The van der Waals surface area contributed by atoms with E-state index in [0.717, 1.165) is 5.56 Å². The van der Waals surface area contributed by atoms with Crippen LogP contribution in [0.25, 0.3) is 22.4 Å². The second-order valence-corrected chi connectivity index (χ2v) is 6.42. The summed E-state index contributed by atoms with van der Waals surface area (Å²) in [5, 5.41) is 2.66. The molecule has 4 aromatic rings. The maximum absolute atomic E-state index is 12.4. The summed E-state index contributed by atoms with van der Waals surface area (Å²) in [5.74, 6) is 0.220. The highest BCUT2D eigenvalue weighted by atomic mass is 16.5. The topological polar surface area (TPSA) is 106 Å². The summed E-state index contributed by atoms with van der Waals surface area (Å²) in [5.41, 5.74) is 3.10. The molecule has 0 saturated carbocycles. The SMILES string of the molecule is COc1cccc(NC(=O)COC(=O)c2ccc3nc(-c4cccnc4)[nH]c3c2)c1. The van der Waals surface area contributed by atoms with Crippen LogP contribution in [0.5, 0.6) is 5.75 Å². The fourth-order valence-electron chi connectivity index (χ4n) is 2.89. The van der Waals surface area contributed by atoms with Crippen molar-refractivity contribution in [2.45, 2.75) is 0 Å². The van der Waals surface area contributed by atoms with E-state index in [2.05, 4.69) is 20.3 Å². The number of imidazole rings is 1. The van der Waals surface area contributed by atoms with Gasteiger partial charge >= 0.3 is 5.97 Å². The van der Waals surface area contributed by atoms with E-state index >= 15 is 0 Å². The number of ether oxygens (including phenoxy) is 2.